The molecule has 0 unspecified atom stereocenters. The normalized spacial score (nSPS) is 11.3. The van der Waals surface area contributed by atoms with E-state index < -0.39 is 11.6 Å². The van der Waals surface area contributed by atoms with E-state index in [1.807, 2.05) is 0 Å². The monoisotopic (exact) mass is 241 g/mol. The molecule has 0 aliphatic heterocycles. The van der Waals surface area contributed by atoms with E-state index in [1.54, 1.807) is 0 Å². The Hall–Kier alpha value is -2.18. The smallest absolute Gasteiger partial charge is 0.218 e. The van der Waals surface area contributed by atoms with Crippen molar-refractivity contribution in [2.45, 2.75) is 6.42 Å². The minimum atomic E-state index is -0.624. The minimum Gasteiger partial charge on any atom is -0.370 e. The molecule has 0 fully saturated rings. The number of guanidine groups is 2. The van der Waals surface area contributed by atoms with E-state index in [9.17, 15) is 8.78 Å². The molecule has 0 radical (unpaired) electrons. The first-order valence-electron chi connectivity index (χ1n) is 4.82. The third-order valence-corrected chi connectivity index (χ3v) is 1.84. The Kier molecular flexibility index (Phi) is 4.38. The Morgan fingerprint density at radius 2 is 1.65 bits per heavy atom. The highest BCUT2D eigenvalue weighted by atomic mass is 19.1. The van der Waals surface area contributed by atoms with Crippen LogP contribution in [0.15, 0.2) is 28.2 Å². The lowest BCUT2D eigenvalue weighted by Gasteiger charge is -2.00. The second-order valence-electron chi connectivity index (χ2n) is 3.30. The summed E-state index contributed by atoms with van der Waals surface area (Å²) in [4.78, 5) is 7.32. The van der Waals surface area contributed by atoms with Crippen LogP contribution < -0.4 is 17.2 Å². The number of hydrogen-bond acceptors (Lipinski definition) is 1. The highest BCUT2D eigenvalue weighted by Gasteiger charge is 2.00. The lowest BCUT2D eigenvalue weighted by molar-refractivity contribution is 0.579. The third kappa shape index (κ3) is 4.92. The quantitative estimate of drug-likeness (QED) is 0.516. The molecule has 0 saturated heterocycles. The van der Waals surface area contributed by atoms with Crippen molar-refractivity contribution in [3.63, 3.8) is 0 Å². The minimum absolute atomic E-state index is 0.0677. The molecule has 5 nitrogen and oxygen atoms in total. The molecule has 0 bridgehead atoms. The topological polar surface area (TPSA) is 103 Å². The maximum atomic E-state index is 12.8. The number of benzene rings is 1. The molecule has 17 heavy (non-hydrogen) atoms. The summed E-state index contributed by atoms with van der Waals surface area (Å²) in [5.41, 5.74) is 16.0. The van der Waals surface area contributed by atoms with Crippen molar-refractivity contribution in [1.82, 2.24) is 0 Å². The van der Waals surface area contributed by atoms with E-state index in [0.717, 1.165) is 6.07 Å². The summed E-state index contributed by atoms with van der Waals surface area (Å²) in [6, 6.07) is 3.27. The molecular formula is C10H13F2N5. The molecule has 0 aliphatic carbocycles. The Bertz CT molecular complexity index is 432. The standard InChI is InChI=1S/C10H13F2N5/c11-7-3-6(4-8(12)5-7)1-2-16-10(15)17-9(13)14/h3-5H,1-2H2,(H6,13,14,15,16,17). The van der Waals surface area contributed by atoms with Crippen molar-refractivity contribution in [2.75, 3.05) is 6.54 Å². The van der Waals surface area contributed by atoms with Crippen LogP contribution in [0.25, 0.3) is 0 Å². The van der Waals surface area contributed by atoms with Gasteiger partial charge >= 0.3 is 0 Å². The van der Waals surface area contributed by atoms with Crippen molar-refractivity contribution in [3.05, 3.63) is 35.4 Å². The maximum absolute atomic E-state index is 12.8. The van der Waals surface area contributed by atoms with Crippen molar-refractivity contribution in [3.8, 4) is 0 Å². The zero-order valence-corrected chi connectivity index (χ0v) is 9.03. The van der Waals surface area contributed by atoms with Crippen LogP contribution in [-0.4, -0.2) is 18.5 Å². The Labute approximate surface area is 97.0 Å². The third-order valence-electron chi connectivity index (χ3n) is 1.84. The molecule has 0 amide bonds. The molecule has 1 rings (SSSR count). The van der Waals surface area contributed by atoms with Crippen LogP contribution in [0.3, 0.4) is 0 Å². The SMILES string of the molecule is NC(N)=NC(N)=NCCc1cc(F)cc(F)c1. The first-order valence-corrected chi connectivity index (χ1v) is 4.82. The van der Waals surface area contributed by atoms with Gasteiger partial charge in [-0.1, -0.05) is 0 Å². The number of aliphatic imine (C=N–C) groups is 2. The summed E-state index contributed by atoms with van der Waals surface area (Å²) in [6.07, 6.45) is 0.343. The van der Waals surface area contributed by atoms with Gasteiger partial charge in [0.2, 0.25) is 5.96 Å². The average Bonchev–Trinajstić information content (AvgIpc) is 2.14. The van der Waals surface area contributed by atoms with Crippen molar-refractivity contribution in [2.24, 2.45) is 27.2 Å². The lowest BCUT2D eigenvalue weighted by atomic mass is 10.1. The fraction of sp³-hybridized carbons (Fsp3) is 0.200. The van der Waals surface area contributed by atoms with Gasteiger partial charge in [-0.15, -0.1) is 0 Å². The van der Waals surface area contributed by atoms with Crippen LogP contribution in [-0.2, 0) is 6.42 Å². The highest BCUT2D eigenvalue weighted by molar-refractivity contribution is 5.92. The molecule has 92 valence electrons. The Balaban J connectivity index is 2.59. The lowest BCUT2D eigenvalue weighted by Crippen LogP contribution is -2.26. The zero-order valence-electron chi connectivity index (χ0n) is 9.03. The number of nitrogens with zero attached hydrogens (tertiary/aromatic N) is 2. The number of hydrogen-bond donors (Lipinski definition) is 3. The fourth-order valence-electron chi connectivity index (χ4n) is 1.22. The molecule has 6 N–H and O–H groups in total. The van der Waals surface area contributed by atoms with Crippen molar-refractivity contribution < 1.29 is 8.78 Å². The summed E-state index contributed by atoms with van der Waals surface area (Å²) in [5, 5.41) is 0. The number of halogens is 2. The highest BCUT2D eigenvalue weighted by Crippen LogP contribution is 2.08. The number of rotatable bonds is 3. The summed E-state index contributed by atoms with van der Waals surface area (Å²) < 4.78 is 25.7. The second-order valence-corrected chi connectivity index (χ2v) is 3.30. The first-order chi connectivity index (χ1) is 7.97. The Morgan fingerprint density at radius 1 is 1.06 bits per heavy atom. The zero-order chi connectivity index (χ0) is 12.8. The summed E-state index contributed by atoms with van der Waals surface area (Å²) >= 11 is 0. The van der Waals surface area contributed by atoms with Gasteiger partial charge in [-0.3, -0.25) is 4.99 Å². The van der Waals surface area contributed by atoms with E-state index >= 15 is 0 Å². The van der Waals surface area contributed by atoms with Gasteiger partial charge in [0, 0.05) is 12.6 Å². The van der Waals surface area contributed by atoms with Crippen LogP contribution in [0.2, 0.25) is 0 Å². The van der Waals surface area contributed by atoms with E-state index in [4.69, 9.17) is 17.2 Å². The van der Waals surface area contributed by atoms with Gasteiger partial charge in [-0.2, -0.15) is 4.99 Å². The van der Waals surface area contributed by atoms with Crippen molar-refractivity contribution in [1.29, 1.82) is 0 Å². The predicted octanol–water partition coefficient (Wildman–Crippen LogP) is 0.0954. The van der Waals surface area contributed by atoms with Gasteiger partial charge in [0.25, 0.3) is 0 Å². The maximum Gasteiger partial charge on any atom is 0.218 e. The van der Waals surface area contributed by atoms with Gasteiger partial charge in [-0.05, 0) is 24.1 Å². The largest absolute Gasteiger partial charge is 0.370 e. The van der Waals surface area contributed by atoms with E-state index in [-0.39, 0.29) is 18.5 Å². The van der Waals surface area contributed by atoms with Gasteiger partial charge in [0.05, 0.1) is 0 Å². The van der Waals surface area contributed by atoms with Crippen LogP contribution >= 0.6 is 0 Å². The van der Waals surface area contributed by atoms with Gasteiger partial charge in [0.15, 0.2) is 5.96 Å². The van der Waals surface area contributed by atoms with Crippen LogP contribution in [0.4, 0.5) is 8.78 Å². The van der Waals surface area contributed by atoms with Gasteiger partial charge in [-0.25, -0.2) is 8.78 Å². The van der Waals surface area contributed by atoms with Crippen molar-refractivity contribution >= 4 is 11.9 Å². The summed E-state index contributed by atoms with van der Waals surface area (Å²) in [5.74, 6) is -1.51. The fourth-order valence-corrected chi connectivity index (χ4v) is 1.22. The molecule has 0 spiro atoms. The van der Waals surface area contributed by atoms with Gasteiger partial charge in [0.1, 0.15) is 11.6 Å². The summed E-state index contributed by atoms with van der Waals surface area (Å²) in [6.45, 7) is 0.242. The van der Waals surface area contributed by atoms with E-state index in [2.05, 4.69) is 9.98 Å². The van der Waals surface area contributed by atoms with E-state index in [1.165, 1.54) is 12.1 Å². The average molecular weight is 241 g/mol. The second kappa shape index (κ2) is 5.78. The molecule has 0 aliphatic rings. The van der Waals surface area contributed by atoms with Crippen LogP contribution in [0, 0.1) is 11.6 Å². The molecule has 0 aromatic heterocycles. The van der Waals surface area contributed by atoms with Crippen LogP contribution in [0.5, 0.6) is 0 Å². The molecule has 7 heteroatoms. The predicted molar refractivity (Wildman–Crippen MR) is 62.4 cm³/mol. The molecule has 0 atom stereocenters. The summed E-state index contributed by atoms with van der Waals surface area (Å²) in [7, 11) is 0. The van der Waals surface area contributed by atoms with Gasteiger partial charge < -0.3 is 17.2 Å². The molecular weight excluding hydrogens is 228 g/mol. The first kappa shape index (κ1) is 12.9. The molecule has 0 heterocycles. The Morgan fingerprint density at radius 3 is 2.18 bits per heavy atom. The molecule has 1 aromatic carbocycles. The van der Waals surface area contributed by atoms with E-state index in [0.29, 0.717) is 12.0 Å². The number of nitrogens with two attached hydrogens (primary N) is 3. The molecule has 0 saturated carbocycles. The van der Waals surface area contributed by atoms with Crippen LogP contribution in [0.1, 0.15) is 5.56 Å². The molecule has 1 aromatic rings.